The van der Waals surface area contributed by atoms with E-state index in [0.29, 0.717) is 0 Å². The fourth-order valence-corrected chi connectivity index (χ4v) is 2.10. The lowest BCUT2D eigenvalue weighted by molar-refractivity contribution is 0.508. The summed E-state index contributed by atoms with van der Waals surface area (Å²) in [7, 11) is 0. The highest BCUT2D eigenvalue weighted by Gasteiger charge is 2.03. The molecule has 0 rings (SSSR count). The molecular formula is C15H29. The summed E-state index contributed by atoms with van der Waals surface area (Å²) >= 11 is 0. The summed E-state index contributed by atoms with van der Waals surface area (Å²) in [5.41, 5.74) is 1.46. The number of hydrogen-bond acceptors (Lipinski definition) is 0. The zero-order chi connectivity index (χ0) is 11.5. The van der Waals surface area contributed by atoms with Crippen LogP contribution in [0.15, 0.2) is 12.2 Å². The van der Waals surface area contributed by atoms with Crippen molar-refractivity contribution in [3.05, 3.63) is 19.1 Å². The van der Waals surface area contributed by atoms with E-state index in [-0.39, 0.29) is 0 Å². The molecule has 0 aromatic rings. The van der Waals surface area contributed by atoms with Gasteiger partial charge in [-0.1, -0.05) is 71.4 Å². The average molecular weight is 209 g/mol. The molecule has 1 radical (unpaired) electrons. The van der Waals surface area contributed by atoms with Crippen LogP contribution in [0.25, 0.3) is 0 Å². The lowest BCUT2D eigenvalue weighted by Crippen LogP contribution is -1.96. The van der Waals surface area contributed by atoms with E-state index in [1.54, 1.807) is 0 Å². The molecule has 0 aliphatic rings. The topological polar surface area (TPSA) is 0 Å². The molecule has 0 amide bonds. The van der Waals surface area contributed by atoms with E-state index >= 15 is 0 Å². The summed E-state index contributed by atoms with van der Waals surface area (Å²) in [5, 5.41) is 0. The van der Waals surface area contributed by atoms with Gasteiger partial charge in [-0.25, -0.2) is 0 Å². The van der Waals surface area contributed by atoms with Crippen LogP contribution in [0.5, 0.6) is 0 Å². The SMILES string of the molecule is [CH2]CCCCCCC(=C)CC(C)CCC. The van der Waals surface area contributed by atoms with Gasteiger partial charge in [0.1, 0.15) is 0 Å². The van der Waals surface area contributed by atoms with Crippen molar-refractivity contribution in [3.8, 4) is 0 Å². The maximum atomic E-state index is 4.18. The lowest BCUT2D eigenvalue weighted by Gasteiger charge is -2.12. The Kier molecular flexibility index (Phi) is 10.1. The van der Waals surface area contributed by atoms with Gasteiger partial charge in [-0.05, 0) is 25.2 Å². The number of allylic oxidation sites excluding steroid dienone is 1. The molecule has 0 spiro atoms. The minimum Gasteiger partial charge on any atom is -0.0999 e. The van der Waals surface area contributed by atoms with E-state index in [1.807, 2.05) is 0 Å². The molecule has 0 aromatic heterocycles. The van der Waals surface area contributed by atoms with Crippen molar-refractivity contribution in [1.29, 1.82) is 0 Å². The van der Waals surface area contributed by atoms with Gasteiger partial charge in [0, 0.05) is 0 Å². The van der Waals surface area contributed by atoms with Crippen LogP contribution in [-0.4, -0.2) is 0 Å². The summed E-state index contributed by atoms with van der Waals surface area (Å²) < 4.78 is 0. The van der Waals surface area contributed by atoms with Crippen molar-refractivity contribution >= 4 is 0 Å². The second-order valence-electron chi connectivity index (χ2n) is 4.87. The van der Waals surface area contributed by atoms with Gasteiger partial charge in [-0.15, -0.1) is 0 Å². The number of rotatable bonds is 10. The highest BCUT2D eigenvalue weighted by Crippen LogP contribution is 2.19. The molecule has 0 aromatic carbocycles. The fraction of sp³-hybridized carbons (Fsp3) is 0.800. The summed E-state index contributed by atoms with van der Waals surface area (Å²) in [5.74, 6) is 0.836. The van der Waals surface area contributed by atoms with E-state index in [4.69, 9.17) is 0 Å². The Balaban J connectivity index is 3.32. The second kappa shape index (κ2) is 10.3. The molecule has 15 heavy (non-hydrogen) atoms. The Hall–Kier alpha value is -0.260. The van der Waals surface area contributed by atoms with Crippen LogP contribution in [0.2, 0.25) is 0 Å². The van der Waals surface area contributed by atoms with Crippen LogP contribution in [0, 0.1) is 12.8 Å². The van der Waals surface area contributed by atoms with E-state index < -0.39 is 0 Å². The molecule has 0 aliphatic heterocycles. The first-order chi connectivity index (χ1) is 7.20. The van der Waals surface area contributed by atoms with Crippen molar-refractivity contribution in [2.75, 3.05) is 0 Å². The Labute approximate surface area is 97.2 Å². The van der Waals surface area contributed by atoms with Gasteiger partial charge in [0.05, 0.1) is 0 Å². The molecular weight excluding hydrogens is 180 g/mol. The van der Waals surface area contributed by atoms with Crippen molar-refractivity contribution in [2.45, 2.75) is 71.6 Å². The third kappa shape index (κ3) is 10.0. The Morgan fingerprint density at radius 1 is 1.13 bits per heavy atom. The van der Waals surface area contributed by atoms with Gasteiger partial charge < -0.3 is 0 Å². The van der Waals surface area contributed by atoms with Crippen LogP contribution in [0.1, 0.15) is 71.6 Å². The third-order valence-electron chi connectivity index (χ3n) is 2.95. The molecule has 0 bridgehead atoms. The van der Waals surface area contributed by atoms with Crippen LogP contribution >= 0.6 is 0 Å². The van der Waals surface area contributed by atoms with E-state index in [9.17, 15) is 0 Å². The van der Waals surface area contributed by atoms with Crippen molar-refractivity contribution in [2.24, 2.45) is 5.92 Å². The van der Waals surface area contributed by atoms with Crippen molar-refractivity contribution in [3.63, 3.8) is 0 Å². The minimum atomic E-state index is 0.836. The summed E-state index contributed by atoms with van der Waals surface area (Å²) in [6.45, 7) is 12.6. The summed E-state index contributed by atoms with van der Waals surface area (Å²) in [4.78, 5) is 0. The summed E-state index contributed by atoms with van der Waals surface area (Å²) in [6, 6.07) is 0. The van der Waals surface area contributed by atoms with Crippen LogP contribution < -0.4 is 0 Å². The fourth-order valence-electron chi connectivity index (χ4n) is 2.10. The summed E-state index contributed by atoms with van der Waals surface area (Å²) in [6.07, 6.45) is 11.6. The monoisotopic (exact) mass is 209 g/mol. The molecule has 0 nitrogen and oxygen atoms in total. The highest BCUT2D eigenvalue weighted by molar-refractivity contribution is 4.94. The first-order valence-electron chi connectivity index (χ1n) is 6.66. The van der Waals surface area contributed by atoms with Gasteiger partial charge >= 0.3 is 0 Å². The van der Waals surface area contributed by atoms with Gasteiger partial charge in [-0.2, -0.15) is 0 Å². The highest BCUT2D eigenvalue weighted by atomic mass is 14.1. The van der Waals surface area contributed by atoms with Crippen LogP contribution in [0.3, 0.4) is 0 Å². The molecule has 0 fully saturated rings. The van der Waals surface area contributed by atoms with Gasteiger partial charge in [0.15, 0.2) is 0 Å². The number of unbranched alkanes of at least 4 members (excludes halogenated alkanes) is 4. The van der Waals surface area contributed by atoms with Crippen molar-refractivity contribution < 1.29 is 0 Å². The third-order valence-corrected chi connectivity index (χ3v) is 2.95. The average Bonchev–Trinajstić information content (AvgIpc) is 2.17. The minimum absolute atomic E-state index is 0.836. The first-order valence-corrected chi connectivity index (χ1v) is 6.66. The first kappa shape index (κ1) is 14.7. The van der Waals surface area contributed by atoms with E-state index in [0.717, 1.165) is 12.3 Å². The van der Waals surface area contributed by atoms with Crippen molar-refractivity contribution in [1.82, 2.24) is 0 Å². The van der Waals surface area contributed by atoms with Crippen LogP contribution in [-0.2, 0) is 0 Å². The molecule has 0 heterocycles. The standard InChI is InChI=1S/C15H29/c1-5-7-8-9-10-12-15(4)13-14(3)11-6-2/h14H,1,4-13H2,2-3H3. The Morgan fingerprint density at radius 3 is 2.40 bits per heavy atom. The predicted molar refractivity (Wildman–Crippen MR) is 70.9 cm³/mol. The molecule has 0 N–H and O–H groups in total. The molecule has 89 valence electrons. The Morgan fingerprint density at radius 2 is 1.80 bits per heavy atom. The number of hydrogen-bond donors (Lipinski definition) is 0. The smallest absolute Gasteiger partial charge is 0.0297 e. The molecule has 0 heteroatoms. The van der Waals surface area contributed by atoms with E-state index in [2.05, 4.69) is 27.4 Å². The van der Waals surface area contributed by atoms with Gasteiger partial charge in [-0.3, -0.25) is 0 Å². The zero-order valence-electron chi connectivity index (χ0n) is 10.9. The predicted octanol–water partition coefficient (Wildman–Crippen LogP) is 5.54. The zero-order valence-corrected chi connectivity index (χ0v) is 10.9. The van der Waals surface area contributed by atoms with Crippen LogP contribution in [0.4, 0.5) is 0 Å². The maximum absolute atomic E-state index is 4.18. The molecule has 1 atom stereocenters. The Bertz CT molecular complexity index is 146. The molecule has 0 saturated carbocycles. The quantitative estimate of drug-likeness (QED) is 0.327. The normalized spacial score (nSPS) is 12.7. The molecule has 1 unspecified atom stereocenters. The molecule has 0 aliphatic carbocycles. The maximum Gasteiger partial charge on any atom is -0.0297 e. The second-order valence-corrected chi connectivity index (χ2v) is 4.87. The largest absolute Gasteiger partial charge is 0.0999 e. The van der Waals surface area contributed by atoms with E-state index in [1.165, 1.54) is 56.9 Å². The molecule has 0 saturated heterocycles. The van der Waals surface area contributed by atoms with Gasteiger partial charge in [0.2, 0.25) is 0 Å². The van der Waals surface area contributed by atoms with Gasteiger partial charge in [0.25, 0.3) is 0 Å². The lowest BCUT2D eigenvalue weighted by atomic mass is 9.94.